The second kappa shape index (κ2) is 17.3. The number of carboxylic acids is 1. The topological polar surface area (TPSA) is 165 Å². The fraction of sp³-hybridized carbons (Fsp3) is 0.233. The summed E-state index contributed by atoms with van der Waals surface area (Å²) >= 11 is 0. The Morgan fingerprint density at radius 1 is 0.643 bits per heavy atom. The van der Waals surface area contributed by atoms with Crippen molar-refractivity contribution in [3.63, 3.8) is 0 Å². The Morgan fingerprint density at radius 3 is 1.45 bits per heavy atom. The predicted octanol–water partition coefficient (Wildman–Crippen LogP) is 4.36. The number of nitrogens with zero attached hydrogens (tertiary/aromatic N) is 1. The number of aliphatic imine (C=N–C) groups is 1. The van der Waals surface area contributed by atoms with Crippen LogP contribution in [0.1, 0.15) is 29.5 Å². The summed E-state index contributed by atoms with van der Waals surface area (Å²) in [6.07, 6.45) is -2.43. The summed E-state index contributed by atoms with van der Waals surface area (Å²) in [6, 6.07) is 25.7. The first-order chi connectivity index (χ1) is 20.4. The van der Waals surface area contributed by atoms with E-state index in [9.17, 15) is 24.3 Å². The highest BCUT2D eigenvalue weighted by atomic mass is 16.6. The van der Waals surface area contributed by atoms with E-state index in [-0.39, 0.29) is 45.2 Å². The molecule has 0 bridgehead atoms. The molecule has 0 unspecified atom stereocenters. The van der Waals surface area contributed by atoms with E-state index >= 15 is 0 Å². The first kappa shape index (κ1) is 31.1. The molecular formula is C30H32N4O8. The lowest BCUT2D eigenvalue weighted by Gasteiger charge is -2.15. The monoisotopic (exact) mass is 576 g/mol. The largest absolute Gasteiger partial charge is 0.480 e. The molecule has 0 aromatic heterocycles. The van der Waals surface area contributed by atoms with Gasteiger partial charge in [0.1, 0.15) is 25.9 Å². The van der Waals surface area contributed by atoms with E-state index in [1.807, 2.05) is 18.2 Å². The van der Waals surface area contributed by atoms with Crippen LogP contribution in [-0.2, 0) is 38.8 Å². The highest BCUT2D eigenvalue weighted by molar-refractivity contribution is 6.01. The van der Waals surface area contributed by atoms with E-state index < -0.39 is 30.3 Å². The van der Waals surface area contributed by atoms with Gasteiger partial charge in [-0.25, -0.2) is 19.2 Å². The summed E-state index contributed by atoms with van der Waals surface area (Å²) in [6.45, 7) is -0.0297. The number of amides is 3. The summed E-state index contributed by atoms with van der Waals surface area (Å²) < 4.78 is 15.5. The lowest BCUT2D eigenvalue weighted by Crippen LogP contribution is -2.44. The molecule has 1 atom stereocenters. The van der Waals surface area contributed by atoms with Crippen molar-refractivity contribution in [1.82, 2.24) is 16.0 Å². The van der Waals surface area contributed by atoms with Gasteiger partial charge in [-0.2, -0.15) is 0 Å². The Kier molecular flexibility index (Phi) is 12.9. The third kappa shape index (κ3) is 12.2. The number of carbonyl (C=O) groups excluding carboxylic acids is 3. The smallest absolute Gasteiger partial charge is 0.414 e. The minimum atomic E-state index is -1.25. The number of carbonyl (C=O) groups is 4. The Bertz CT molecular complexity index is 1260. The molecule has 220 valence electrons. The second-order valence-electron chi connectivity index (χ2n) is 8.84. The van der Waals surface area contributed by atoms with Gasteiger partial charge in [-0.15, -0.1) is 0 Å². The Balaban J connectivity index is 1.52. The number of ether oxygens (including phenoxy) is 3. The third-order valence-corrected chi connectivity index (χ3v) is 5.59. The van der Waals surface area contributed by atoms with Gasteiger partial charge in [0, 0.05) is 6.54 Å². The Morgan fingerprint density at radius 2 is 1.05 bits per heavy atom. The van der Waals surface area contributed by atoms with Crippen molar-refractivity contribution in [2.45, 2.75) is 38.7 Å². The van der Waals surface area contributed by atoms with Crippen LogP contribution in [-0.4, -0.2) is 47.9 Å². The van der Waals surface area contributed by atoms with Crippen molar-refractivity contribution in [1.29, 1.82) is 0 Å². The van der Waals surface area contributed by atoms with Gasteiger partial charge < -0.3 is 24.6 Å². The third-order valence-electron chi connectivity index (χ3n) is 5.59. The molecule has 0 aliphatic carbocycles. The first-order valence-electron chi connectivity index (χ1n) is 13.1. The van der Waals surface area contributed by atoms with Gasteiger partial charge in [-0.3, -0.25) is 15.6 Å². The van der Waals surface area contributed by atoms with Crippen molar-refractivity contribution in [2.24, 2.45) is 4.99 Å². The number of benzene rings is 3. The molecule has 42 heavy (non-hydrogen) atoms. The van der Waals surface area contributed by atoms with Crippen molar-refractivity contribution in [3.8, 4) is 0 Å². The van der Waals surface area contributed by atoms with E-state index in [2.05, 4.69) is 20.9 Å². The van der Waals surface area contributed by atoms with E-state index in [0.29, 0.717) is 0 Å². The van der Waals surface area contributed by atoms with Crippen molar-refractivity contribution in [2.75, 3.05) is 6.54 Å². The highest BCUT2D eigenvalue weighted by Gasteiger charge is 2.20. The molecule has 3 aromatic carbocycles. The minimum absolute atomic E-state index is 0.00220. The van der Waals surface area contributed by atoms with Crippen LogP contribution in [0.4, 0.5) is 14.4 Å². The summed E-state index contributed by atoms with van der Waals surface area (Å²) in [7, 11) is 0. The molecule has 3 aromatic rings. The van der Waals surface area contributed by atoms with E-state index in [0.717, 1.165) is 16.7 Å². The fourth-order valence-electron chi connectivity index (χ4n) is 3.47. The van der Waals surface area contributed by atoms with Crippen molar-refractivity contribution >= 4 is 30.2 Å². The maximum atomic E-state index is 12.4. The van der Waals surface area contributed by atoms with Crippen LogP contribution in [0.5, 0.6) is 0 Å². The van der Waals surface area contributed by atoms with Gasteiger partial charge in [-0.05, 0) is 29.5 Å². The molecule has 0 spiro atoms. The van der Waals surface area contributed by atoms with Gasteiger partial charge in [0.15, 0.2) is 0 Å². The first-order valence-corrected chi connectivity index (χ1v) is 13.1. The molecule has 0 heterocycles. The molecule has 3 rings (SSSR count). The number of hydrogen-bond acceptors (Lipinski definition) is 8. The second-order valence-corrected chi connectivity index (χ2v) is 8.84. The summed E-state index contributed by atoms with van der Waals surface area (Å²) in [5.41, 5.74) is 2.28. The summed E-state index contributed by atoms with van der Waals surface area (Å²) in [4.78, 5) is 52.6. The quantitative estimate of drug-likeness (QED) is 0.107. The molecule has 0 saturated carbocycles. The zero-order valence-corrected chi connectivity index (χ0v) is 22.7. The molecule has 0 radical (unpaired) electrons. The van der Waals surface area contributed by atoms with Gasteiger partial charge in [-0.1, -0.05) is 91.0 Å². The normalized spacial score (nSPS) is 10.9. The minimum Gasteiger partial charge on any atom is -0.480 e. The molecular weight excluding hydrogens is 544 g/mol. The number of rotatable bonds is 12. The van der Waals surface area contributed by atoms with Gasteiger partial charge in [0.25, 0.3) is 0 Å². The van der Waals surface area contributed by atoms with E-state index in [1.165, 1.54) is 0 Å². The number of hydrogen-bond donors (Lipinski definition) is 4. The number of alkyl carbamates (subject to hydrolysis) is 3. The molecule has 3 amide bonds. The van der Waals surface area contributed by atoms with Crippen LogP contribution in [0, 0.1) is 0 Å². The van der Waals surface area contributed by atoms with Gasteiger partial charge >= 0.3 is 24.2 Å². The van der Waals surface area contributed by atoms with Crippen LogP contribution in [0.3, 0.4) is 0 Å². The van der Waals surface area contributed by atoms with Crippen LogP contribution in [0.2, 0.25) is 0 Å². The summed E-state index contributed by atoms with van der Waals surface area (Å²) in [5, 5.41) is 16.5. The number of nitrogens with one attached hydrogen (secondary N) is 3. The lowest BCUT2D eigenvalue weighted by atomic mass is 10.1. The highest BCUT2D eigenvalue weighted by Crippen LogP contribution is 2.04. The van der Waals surface area contributed by atoms with E-state index in [4.69, 9.17) is 14.2 Å². The molecule has 0 saturated heterocycles. The number of guanidine groups is 1. The average Bonchev–Trinajstić information content (AvgIpc) is 3.00. The molecule has 12 nitrogen and oxygen atoms in total. The zero-order valence-electron chi connectivity index (χ0n) is 22.7. The molecule has 0 fully saturated rings. The lowest BCUT2D eigenvalue weighted by molar-refractivity contribution is -0.139. The predicted molar refractivity (Wildman–Crippen MR) is 152 cm³/mol. The van der Waals surface area contributed by atoms with Crippen LogP contribution < -0.4 is 16.0 Å². The van der Waals surface area contributed by atoms with Crippen LogP contribution in [0.15, 0.2) is 96.0 Å². The SMILES string of the molecule is O=C(NC(=NCCC[C@H](NC(=O)OCc1ccccc1)C(=O)O)NC(=O)OCc1ccccc1)OCc1ccccc1. The van der Waals surface area contributed by atoms with E-state index in [1.54, 1.807) is 72.8 Å². The Hall–Kier alpha value is -5.39. The fourth-order valence-corrected chi connectivity index (χ4v) is 3.47. The van der Waals surface area contributed by atoms with Gasteiger partial charge in [0.2, 0.25) is 5.96 Å². The van der Waals surface area contributed by atoms with Crippen LogP contribution >= 0.6 is 0 Å². The van der Waals surface area contributed by atoms with Crippen molar-refractivity contribution < 1.29 is 38.5 Å². The molecule has 0 aliphatic rings. The molecule has 0 aliphatic heterocycles. The average molecular weight is 577 g/mol. The summed E-state index contributed by atoms with van der Waals surface area (Å²) in [5.74, 6) is -1.49. The molecule has 4 N–H and O–H groups in total. The zero-order chi connectivity index (χ0) is 30.0. The van der Waals surface area contributed by atoms with Gasteiger partial charge in [0.05, 0.1) is 0 Å². The Labute approximate surface area is 242 Å². The molecule has 12 heteroatoms. The number of carboxylic acid groups (broad SMARTS) is 1. The van der Waals surface area contributed by atoms with Crippen molar-refractivity contribution in [3.05, 3.63) is 108 Å². The number of aliphatic carboxylic acids is 1. The van der Waals surface area contributed by atoms with Crippen LogP contribution in [0.25, 0.3) is 0 Å². The maximum absolute atomic E-state index is 12.4. The standard InChI is InChI=1S/C30H32N4O8/c35-26(36)25(32-28(37)40-19-22-11-4-1-5-12-22)17-10-18-31-27(33-29(38)41-20-23-13-6-2-7-14-23)34-30(39)42-21-24-15-8-3-9-16-24/h1-9,11-16,25H,10,17-21H2,(H,32,37)(H,35,36)(H2,31,33,34,38,39)/t25-/m0/s1. The maximum Gasteiger partial charge on any atom is 0.414 e.